The quantitative estimate of drug-likeness (QED) is 0.810. The van der Waals surface area contributed by atoms with Crippen LogP contribution in [0.1, 0.15) is 42.5 Å². The van der Waals surface area contributed by atoms with Crippen LogP contribution < -0.4 is 0 Å². The predicted octanol–water partition coefficient (Wildman–Crippen LogP) is 3.79. The van der Waals surface area contributed by atoms with E-state index in [0.717, 1.165) is 17.0 Å². The maximum Gasteiger partial charge on any atom is 0.159 e. The van der Waals surface area contributed by atoms with Crippen molar-refractivity contribution >= 4 is 23.2 Å². The Hall–Kier alpha value is -1.13. The standard InChI is InChI=1S/C13H16Cl2N4/c1-7(2)12-10(6-14)13(15)19(18-12)11-5-8(3)16-9(4)17-11/h5,7H,6H2,1-4H3. The van der Waals surface area contributed by atoms with Gasteiger partial charge in [-0.3, -0.25) is 0 Å². The molecule has 102 valence electrons. The van der Waals surface area contributed by atoms with Crippen molar-refractivity contribution in [3.8, 4) is 5.82 Å². The van der Waals surface area contributed by atoms with Crippen LogP contribution in [0.25, 0.3) is 5.82 Å². The first kappa shape index (κ1) is 14.3. The summed E-state index contributed by atoms with van der Waals surface area (Å²) < 4.78 is 1.64. The van der Waals surface area contributed by atoms with Crippen molar-refractivity contribution in [1.82, 2.24) is 19.7 Å². The van der Waals surface area contributed by atoms with E-state index in [4.69, 9.17) is 23.2 Å². The molecule has 0 spiro atoms. The Labute approximate surface area is 122 Å². The van der Waals surface area contributed by atoms with Crippen LogP contribution >= 0.6 is 23.2 Å². The van der Waals surface area contributed by atoms with Crippen molar-refractivity contribution in [3.63, 3.8) is 0 Å². The molecule has 0 N–H and O–H groups in total. The number of nitrogens with zero attached hydrogens (tertiary/aromatic N) is 4. The molecule has 0 aliphatic rings. The van der Waals surface area contributed by atoms with Gasteiger partial charge < -0.3 is 0 Å². The summed E-state index contributed by atoms with van der Waals surface area (Å²) in [5.74, 6) is 1.97. The first-order valence-electron chi connectivity index (χ1n) is 6.10. The third kappa shape index (κ3) is 2.74. The smallest absolute Gasteiger partial charge is 0.159 e. The molecule has 0 amide bonds. The van der Waals surface area contributed by atoms with Crippen LogP contribution in [0.4, 0.5) is 0 Å². The van der Waals surface area contributed by atoms with E-state index >= 15 is 0 Å². The summed E-state index contributed by atoms with van der Waals surface area (Å²) >= 11 is 12.3. The molecule has 0 aliphatic carbocycles. The molecule has 2 rings (SSSR count). The summed E-state index contributed by atoms with van der Waals surface area (Å²) in [6.07, 6.45) is 0. The van der Waals surface area contributed by atoms with Gasteiger partial charge >= 0.3 is 0 Å². The first-order valence-corrected chi connectivity index (χ1v) is 7.01. The lowest BCUT2D eigenvalue weighted by Gasteiger charge is -2.04. The summed E-state index contributed by atoms with van der Waals surface area (Å²) in [4.78, 5) is 8.63. The minimum atomic E-state index is 0.261. The Morgan fingerprint density at radius 1 is 1.26 bits per heavy atom. The minimum Gasteiger partial charge on any atom is -0.238 e. The van der Waals surface area contributed by atoms with Crippen LogP contribution in [0.3, 0.4) is 0 Å². The molecule has 2 aromatic rings. The Morgan fingerprint density at radius 3 is 2.42 bits per heavy atom. The molecular weight excluding hydrogens is 283 g/mol. The molecule has 4 nitrogen and oxygen atoms in total. The molecule has 0 unspecified atom stereocenters. The number of hydrogen-bond donors (Lipinski definition) is 0. The number of alkyl halides is 1. The first-order chi connectivity index (χ1) is 8.93. The van der Waals surface area contributed by atoms with Crippen molar-refractivity contribution in [1.29, 1.82) is 0 Å². The predicted molar refractivity (Wildman–Crippen MR) is 77.3 cm³/mol. The van der Waals surface area contributed by atoms with Crippen LogP contribution in [0.5, 0.6) is 0 Å². The lowest BCUT2D eigenvalue weighted by atomic mass is 10.1. The molecule has 0 fully saturated rings. The molecular formula is C13H16Cl2N4. The van der Waals surface area contributed by atoms with Crippen molar-refractivity contribution in [2.24, 2.45) is 0 Å². The molecule has 2 aromatic heterocycles. The van der Waals surface area contributed by atoms with Gasteiger partial charge in [-0.1, -0.05) is 25.4 Å². The SMILES string of the molecule is Cc1cc(-n2nc(C(C)C)c(CCl)c2Cl)nc(C)n1. The largest absolute Gasteiger partial charge is 0.238 e. The monoisotopic (exact) mass is 298 g/mol. The molecule has 0 saturated heterocycles. The molecule has 2 heterocycles. The van der Waals surface area contributed by atoms with E-state index in [1.54, 1.807) is 4.68 Å². The zero-order valence-corrected chi connectivity index (χ0v) is 12.9. The van der Waals surface area contributed by atoms with Gasteiger partial charge in [0.25, 0.3) is 0 Å². The maximum absolute atomic E-state index is 6.37. The molecule has 0 aromatic carbocycles. The molecule has 19 heavy (non-hydrogen) atoms. The number of halogens is 2. The van der Waals surface area contributed by atoms with E-state index < -0.39 is 0 Å². The van der Waals surface area contributed by atoms with Gasteiger partial charge in [-0.15, -0.1) is 11.6 Å². The van der Waals surface area contributed by atoms with E-state index in [1.807, 2.05) is 19.9 Å². The van der Waals surface area contributed by atoms with Crippen LogP contribution in [-0.4, -0.2) is 19.7 Å². The summed E-state index contributed by atoms with van der Waals surface area (Å²) in [6.45, 7) is 7.90. The van der Waals surface area contributed by atoms with Crippen molar-refractivity contribution < 1.29 is 0 Å². The molecule has 0 bridgehead atoms. The Morgan fingerprint density at radius 2 is 1.95 bits per heavy atom. The number of aryl methyl sites for hydroxylation is 2. The topological polar surface area (TPSA) is 43.6 Å². The van der Waals surface area contributed by atoms with Crippen LogP contribution in [0.2, 0.25) is 5.15 Å². The fraction of sp³-hybridized carbons (Fsp3) is 0.462. The summed E-state index contributed by atoms with van der Waals surface area (Å²) in [6, 6.07) is 1.86. The molecule has 0 atom stereocenters. The Balaban J connectivity index is 2.62. The lowest BCUT2D eigenvalue weighted by molar-refractivity contribution is 0.749. The minimum absolute atomic E-state index is 0.261. The fourth-order valence-corrected chi connectivity index (χ4v) is 2.61. The van der Waals surface area contributed by atoms with E-state index in [9.17, 15) is 0 Å². The number of rotatable bonds is 3. The van der Waals surface area contributed by atoms with Gasteiger partial charge in [0.05, 0.1) is 11.6 Å². The van der Waals surface area contributed by atoms with Crippen LogP contribution in [0, 0.1) is 13.8 Å². The van der Waals surface area contributed by atoms with Gasteiger partial charge in [-0.2, -0.15) is 5.10 Å². The molecule has 0 aliphatic heterocycles. The third-order valence-electron chi connectivity index (χ3n) is 2.80. The van der Waals surface area contributed by atoms with Gasteiger partial charge in [0.2, 0.25) is 0 Å². The maximum atomic E-state index is 6.37. The second kappa shape index (κ2) is 5.47. The molecule has 0 saturated carbocycles. The Kier molecular flexibility index (Phi) is 4.11. The highest BCUT2D eigenvalue weighted by molar-refractivity contribution is 6.31. The molecule has 0 radical (unpaired) electrons. The zero-order chi connectivity index (χ0) is 14.2. The molecule has 6 heteroatoms. The highest BCUT2D eigenvalue weighted by Gasteiger charge is 2.19. The normalized spacial score (nSPS) is 11.3. The van der Waals surface area contributed by atoms with Gasteiger partial charge in [-0.25, -0.2) is 14.6 Å². The number of hydrogen-bond acceptors (Lipinski definition) is 3. The van der Waals surface area contributed by atoms with E-state index in [0.29, 0.717) is 22.7 Å². The van der Waals surface area contributed by atoms with Gasteiger partial charge in [0.15, 0.2) is 5.82 Å². The van der Waals surface area contributed by atoms with Crippen molar-refractivity contribution in [2.75, 3.05) is 0 Å². The highest BCUT2D eigenvalue weighted by Crippen LogP contribution is 2.29. The average Bonchev–Trinajstić information content (AvgIpc) is 2.65. The van der Waals surface area contributed by atoms with Crippen LogP contribution in [-0.2, 0) is 5.88 Å². The van der Waals surface area contributed by atoms with Gasteiger partial charge in [-0.05, 0) is 19.8 Å². The summed E-state index contributed by atoms with van der Waals surface area (Å²) in [5, 5.41) is 5.07. The highest BCUT2D eigenvalue weighted by atomic mass is 35.5. The number of aromatic nitrogens is 4. The van der Waals surface area contributed by atoms with Crippen molar-refractivity contribution in [3.05, 3.63) is 34.0 Å². The fourth-order valence-electron chi connectivity index (χ4n) is 1.99. The van der Waals surface area contributed by atoms with Crippen LogP contribution in [0.15, 0.2) is 6.07 Å². The second-order valence-electron chi connectivity index (χ2n) is 4.77. The lowest BCUT2D eigenvalue weighted by Crippen LogP contribution is -2.04. The summed E-state index contributed by atoms with van der Waals surface area (Å²) in [5.41, 5.74) is 2.66. The van der Waals surface area contributed by atoms with E-state index in [1.165, 1.54) is 0 Å². The average molecular weight is 299 g/mol. The van der Waals surface area contributed by atoms with Gasteiger partial charge in [0.1, 0.15) is 11.0 Å². The second-order valence-corrected chi connectivity index (χ2v) is 5.39. The summed E-state index contributed by atoms with van der Waals surface area (Å²) in [7, 11) is 0. The Bertz CT molecular complexity index is 585. The third-order valence-corrected chi connectivity index (χ3v) is 3.46. The van der Waals surface area contributed by atoms with E-state index in [-0.39, 0.29) is 5.92 Å². The van der Waals surface area contributed by atoms with Crippen molar-refractivity contribution in [2.45, 2.75) is 39.5 Å². The van der Waals surface area contributed by atoms with Gasteiger partial charge in [0, 0.05) is 17.3 Å². The zero-order valence-electron chi connectivity index (χ0n) is 11.4. The van der Waals surface area contributed by atoms with E-state index in [2.05, 4.69) is 28.9 Å².